The first kappa shape index (κ1) is 18.9. The fourth-order valence-electron chi connectivity index (χ4n) is 3.39. The highest BCUT2D eigenvalue weighted by Gasteiger charge is 2.32. The lowest BCUT2D eigenvalue weighted by Gasteiger charge is -2.40. The van der Waals surface area contributed by atoms with E-state index >= 15 is 0 Å². The number of nitrogens with zero attached hydrogens (tertiary/aromatic N) is 4. The van der Waals surface area contributed by atoms with Crippen LogP contribution in [-0.2, 0) is 18.3 Å². The van der Waals surface area contributed by atoms with Crippen LogP contribution < -0.4 is 4.74 Å². The van der Waals surface area contributed by atoms with Gasteiger partial charge in [-0.3, -0.25) is 14.3 Å². The van der Waals surface area contributed by atoms with Gasteiger partial charge in [0.1, 0.15) is 17.1 Å². The lowest BCUT2D eigenvalue weighted by molar-refractivity contribution is -0.134. The van der Waals surface area contributed by atoms with Gasteiger partial charge in [0.25, 0.3) is 5.91 Å². The Morgan fingerprint density at radius 1 is 1.33 bits per heavy atom. The first-order valence-corrected chi connectivity index (χ1v) is 8.79. The van der Waals surface area contributed by atoms with Crippen molar-refractivity contribution in [2.45, 2.75) is 19.4 Å². The normalized spacial score (nSPS) is 17.1. The number of aromatic nitrogens is 2. The minimum atomic E-state index is -0.609. The Kier molecular flexibility index (Phi) is 5.43. The number of aryl methyl sites for hydroxylation is 1. The van der Waals surface area contributed by atoms with Gasteiger partial charge in [-0.25, -0.2) is 4.39 Å². The van der Waals surface area contributed by atoms with E-state index < -0.39 is 11.7 Å². The molecule has 0 unspecified atom stereocenters. The Bertz CT molecular complexity index is 851. The number of hydrogen-bond donors (Lipinski definition) is 0. The monoisotopic (exact) mass is 374 g/mol. The fraction of sp³-hybridized carbons (Fsp3) is 0.421. The molecule has 1 fully saturated rings. The average molecular weight is 374 g/mol. The molecule has 1 aliphatic heterocycles. The van der Waals surface area contributed by atoms with Gasteiger partial charge >= 0.3 is 0 Å². The van der Waals surface area contributed by atoms with E-state index in [4.69, 9.17) is 4.74 Å². The number of carbonyl (C=O) groups is 2. The van der Waals surface area contributed by atoms with Crippen molar-refractivity contribution in [1.29, 1.82) is 0 Å². The summed E-state index contributed by atoms with van der Waals surface area (Å²) in [5.74, 6) is -0.827. The van der Waals surface area contributed by atoms with Crippen LogP contribution in [0.5, 0.6) is 5.75 Å². The lowest BCUT2D eigenvalue weighted by Crippen LogP contribution is -2.55. The van der Waals surface area contributed by atoms with Crippen molar-refractivity contribution in [1.82, 2.24) is 19.6 Å². The molecule has 2 aromatic rings. The second-order valence-electron chi connectivity index (χ2n) is 6.70. The van der Waals surface area contributed by atoms with Crippen molar-refractivity contribution in [2.24, 2.45) is 7.05 Å². The quantitative estimate of drug-likeness (QED) is 0.813. The number of ether oxygens (including phenoxy) is 1. The topological polar surface area (TPSA) is 67.7 Å². The van der Waals surface area contributed by atoms with Gasteiger partial charge in [0.2, 0.25) is 5.91 Å². The van der Waals surface area contributed by atoms with E-state index in [0.717, 1.165) is 5.56 Å². The van der Waals surface area contributed by atoms with Crippen LogP contribution in [0.4, 0.5) is 4.39 Å². The van der Waals surface area contributed by atoms with Crippen LogP contribution in [0.3, 0.4) is 0 Å². The van der Waals surface area contributed by atoms with Gasteiger partial charge < -0.3 is 14.5 Å². The fourth-order valence-corrected chi connectivity index (χ4v) is 3.39. The van der Waals surface area contributed by atoms with E-state index in [2.05, 4.69) is 5.10 Å². The molecular weight excluding hydrogens is 351 g/mol. The largest absolute Gasteiger partial charge is 0.496 e. The van der Waals surface area contributed by atoms with E-state index in [1.165, 1.54) is 19.2 Å². The molecule has 0 radical (unpaired) electrons. The van der Waals surface area contributed by atoms with Crippen LogP contribution in [0.1, 0.15) is 22.8 Å². The van der Waals surface area contributed by atoms with Gasteiger partial charge in [0, 0.05) is 38.9 Å². The number of benzene rings is 1. The molecule has 0 saturated carbocycles. The van der Waals surface area contributed by atoms with E-state index in [9.17, 15) is 14.0 Å². The summed E-state index contributed by atoms with van der Waals surface area (Å²) in [6.45, 7) is 2.98. The highest BCUT2D eigenvalue weighted by Crippen LogP contribution is 2.24. The predicted octanol–water partition coefficient (Wildman–Crippen LogP) is 1.48. The maximum absolute atomic E-state index is 14.2. The summed E-state index contributed by atoms with van der Waals surface area (Å²) < 4.78 is 21.0. The van der Waals surface area contributed by atoms with Gasteiger partial charge in [-0.15, -0.1) is 0 Å². The van der Waals surface area contributed by atoms with E-state index in [0.29, 0.717) is 19.6 Å². The van der Waals surface area contributed by atoms with Crippen molar-refractivity contribution in [3.05, 3.63) is 47.5 Å². The predicted molar refractivity (Wildman–Crippen MR) is 96.9 cm³/mol. The molecule has 1 aromatic heterocycles. The van der Waals surface area contributed by atoms with Crippen molar-refractivity contribution in [3.8, 4) is 5.75 Å². The third-order valence-electron chi connectivity index (χ3n) is 4.76. The van der Waals surface area contributed by atoms with Crippen LogP contribution in [0.15, 0.2) is 30.6 Å². The van der Waals surface area contributed by atoms with E-state index in [-0.39, 0.29) is 29.7 Å². The van der Waals surface area contributed by atoms with Crippen LogP contribution in [0.25, 0.3) is 0 Å². The summed E-state index contributed by atoms with van der Waals surface area (Å²) in [5.41, 5.74) is 0.784. The van der Waals surface area contributed by atoms with Crippen LogP contribution in [0, 0.1) is 5.82 Å². The highest BCUT2D eigenvalue weighted by molar-refractivity contribution is 5.97. The molecular formula is C19H23FN4O3. The Morgan fingerprint density at radius 2 is 2.11 bits per heavy atom. The molecule has 27 heavy (non-hydrogen) atoms. The second kappa shape index (κ2) is 7.77. The second-order valence-corrected chi connectivity index (χ2v) is 6.70. The number of amides is 2. The SMILES string of the molecule is COc1cccc(F)c1C(=O)N1CCN(C(=O)Cc2cnn(C)c2)[C@H](C)C1. The first-order chi connectivity index (χ1) is 12.9. The molecule has 0 bridgehead atoms. The van der Waals surface area contributed by atoms with E-state index in [1.54, 1.807) is 33.8 Å². The zero-order valence-corrected chi connectivity index (χ0v) is 15.7. The summed E-state index contributed by atoms with van der Waals surface area (Å²) in [7, 11) is 3.21. The van der Waals surface area contributed by atoms with Gasteiger partial charge in [-0.2, -0.15) is 5.10 Å². The molecule has 0 N–H and O–H groups in total. The van der Waals surface area contributed by atoms with Gasteiger partial charge in [0.05, 0.1) is 19.7 Å². The van der Waals surface area contributed by atoms with Crippen LogP contribution >= 0.6 is 0 Å². The average Bonchev–Trinajstić information content (AvgIpc) is 3.05. The summed E-state index contributed by atoms with van der Waals surface area (Å²) in [6.07, 6.45) is 3.76. The first-order valence-electron chi connectivity index (χ1n) is 8.79. The van der Waals surface area contributed by atoms with Crippen LogP contribution in [-0.4, -0.2) is 64.2 Å². The molecule has 7 nitrogen and oxygen atoms in total. The molecule has 0 aliphatic carbocycles. The Labute approximate surface area is 157 Å². The number of methoxy groups -OCH3 is 1. The molecule has 1 aliphatic rings. The number of piperazine rings is 1. The third kappa shape index (κ3) is 3.94. The van der Waals surface area contributed by atoms with Gasteiger partial charge in [0.15, 0.2) is 0 Å². The summed E-state index contributed by atoms with van der Waals surface area (Å²) >= 11 is 0. The lowest BCUT2D eigenvalue weighted by atomic mass is 10.1. The summed E-state index contributed by atoms with van der Waals surface area (Å²) in [5, 5.41) is 4.07. The molecule has 8 heteroatoms. The molecule has 0 spiro atoms. The standard InChI is InChI=1S/C19H23FN4O3/c1-13-11-23(19(26)18-15(20)5-4-6-16(18)27-3)7-8-24(13)17(25)9-14-10-21-22(2)12-14/h4-6,10,12-13H,7-9,11H2,1-3H3/t13-/m1/s1. The van der Waals surface area contributed by atoms with Gasteiger partial charge in [-0.1, -0.05) is 6.07 Å². The van der Waals surface area contributed by atoms with Crippen molar-refractivity contribution < 1.29 is 18.7 Å². The maximum Gasteiger partial charge on any atom is 0.260 e. The van der Waals surface area contributed by atoms with Crippen molar-refractivity contribution >= 4 is 11.8 Å². The minimum Gasteiger partial charge on any atom is -0.496 e. The molecule has 2 amide bonds. The molecule has 1 aromatic carbocycles. The van der Waals surface area contributed by atoms with Gasteiger partial charge in [-0.05, 0) is 24.6 Å². The molecule has 3 rings (SSSR count). The van der Waals surface area contributed by atoms with Crippen molar-refractivity contribution in [2.75, 3.05) is 26.7 Å². The summed E-state index contributed by atoms with van der Waals surface area (Å²) in [6, 6.07) is 4.15. The third-order valence-corrected chi connectivity index (χ3v) is 4.76. The molecule has 144 valence electrons. The molecule has 1 saturated heterocycles. The number of rotatable bonds is 4. The van der Waals surface area contributed by atoms with Crippen molar-refractivity contribution in [3.63, 3.8) is 0 Å². The Morgan fingerprint density at radius 3 is 2.74 bits per heavy atom. The summed E-state index contributed by atoms with van der Waals surface area (Å²) in [4.78, 5) is 28.7. The highest BCUT2D eigenvalue weighted by atomic mass is 19.1. The Balaban J connectivity index is 1.68. The zero-order chi connectivity index (χ0) is 19.6. The van der Waals surface area contributed by atoms with Crippen LogP contribution in [0.2, 0.25) is 0 Å². The minimum absolute atomic E-state index is 0.00827. The molecule has 2 heterocycles. The number of halogens is 1. The number of carbonyl (C=O) groups excluding carboxylic acids is 2. The number of hydrogen-bond acceptors (Lipinski definition) is 4. The maximum atomic E-state index is 14.2. The molecule has 1 atom stereocenters. The Hall–Kier alpha value is -2.90. The zero-order valence-electron chi connectivity index (χ0n) is 15.7. The smallest absolute Gasteiger partial charge is 0.260 e. The van der Waals surface area contributed by atoms with E-state index in [1.807, 2.05) is 13.1 Å².